The van der Waals surface area contributed by atoms with Gasteiger partial charge in [-0.15, -0.1) is 0 Å². The SMILES string of the molecule is CC1CCCCCN1CC1CCCC1O. The maximum atomic E-state index is 9.85. The number of rotatable bonds is 2. The minimum absolute atomic E-state index is 0.0135. The molecule has 1 saturated carbocycles. The summed E-state index contributed by atoms with van der Waals surface area (Å²) in [7, 11) is 0. The quantitative estimate of drug-likeness (QED) is 0.758. The third kappa shape index (κ3) is 2.94. The van der Waals surface area contributed by atoms with Gasteiger partial charge in [0.25, 0.3) is 0 Å². The lowest BCUT2D eigenvalue weighted by molar-refractivity contribution is 0.0892. The fraction of sp³-hybridized carbons (Fsp3) is 1.00. The van der Waals surface area contributed by atoms with Crippen molar-refractivity contribution in [3.63, 3.8) is 0 Å². The molecule has 0 aromatic rings. The average Bonchev–Trinajstić information content (AvgIpc) is 2.50. The van der Waals surface area contributed by atoms with E-state index in [4.69, 9.17) is 0 Å². The van der Waals surface area contributed by atoms with Crippen molar-refractivity contribution >= 4 is 0 Å². The Bertz CT molecular complexity index is 195. The van der Waals surface area contributed by atoms with E-state index in [9.17, 15) is 5.11 Å². The lowest BCUT2D eigenvalue weighted by Gasteiger charge is -2.30. The van der Waals surface area contributed by atoms with Crippen LogP contribution in [0.1, 0.15) is 51.9 Å². The lowest BCUT2D eigenvalue weighted by atomic mass is 10.0. The minimum Gasteiger partial charge on any atom is -0.393 e. The molecule has 3 unspecified atom stereocenters. The second kappa shape index (κ2) is 5.31. The molecular formula is C13H25NO. The molecule has 2 fully saturated rings. The summed E-state index contributed by atoms with van der Waals surface area (Å²) in [5.41, 5.74) is 0. The van der Waals surface area contributed by atoms with Crippen molar-refractivity contribution in [2.24, 2.45) is 5.92 Å². The molecular weight excluding hydrogens is 186 g/mol. The Morgan fingerprint density at radius 2 is 1.93 bits per heavy atom. The number of aliphatic hydroxyl groups excluding tert-OH is 1. The number of hydrogen-bond donors (Lipinski definition) is 1. The van der Waals surface area contributed by atoms with Gasteiger partial charge in [0, 0.05) is 12.6 Å². The molecule has 1 saturated heterocycles. The molecule has 1 heterocycles. The zero-order valence-electron chi connectivity index (χ0n) is 9.99. The van der Waals surface area contributed by atoms with Crippen molar-refractivity contribution in [3.8, 4) is 0 Å². The van der Waals surface area contributed by atoms with Gasteiger partial charge in [-0.3, -0.25) is 0 Å². The van der Waals surface area contributed by atoms with E-state index >= 15 is 0 Å². The van der Waals surface area contributed by atoms with Crippen LogP contribution in [0.4, 0.5) is 0 Å². The molecule has 2 heteroatoms. The minimum atomic E-state index is -0.0135. The summed E-state index contributed by atoms with van der Waals surface area (Å²) in [6.07, 6.45) is 8.99. The van der Waals surface area contributed by atoms with Gasteiger partial charge in [0.1, 0.15) is 0 Å². The largest absolute Gasteiger partial charge is 0.393 e. The second-order valence-electron chi connectivity index (χ2n) is 5.45. The molecule has 2 nitrogen and oxygen atoms in total. The molecule has 88 valence electrons. The fourth-order valence-electron chi connectivity index (χ4n) is 3.14. The Balaban J connectivity index is 1.85. The Morgan fingerprint density at radius 1 is 1.07 bits per heavy atom. The first kappa shape index (κ1) is 11.4. The van der Waals surface area contributed by atoms with Crippen LogP contribution >= 0.6 is 0 Å². The lowest BCUT2D eigenvalue weighted by Crippen LogP contribution is -2.38. The van der Waals surface area contributed by atoms with E-state index in [-0.39, 0.29) is 6.10 Å². The van der Waals surface area contributed by atoms with E-state index in [0.717, 1.165) is 19.0 Å². The van der Waals surface area contributed by atoms with Crippen LogP contribution in [0.5, 0.6) is 0 Å². The van der Waals surface area contributed by atoms with Crippen molar-refractivity contribution in [2.45, 2.75) is 64.0 Å². The fourth-order valence-corrected chi connectivity index (χ4v) is 3.14. The first-order valence-electron chi connectivity index (χ1n) is 6.69. The molecule has 1 aliphatic heterocycles. The van der Waals surface area contributed by atoms with E-state index < -0.39 is 0 Å². The molecule has 0 radical (unpaired) electrons. The van der Waals surface area contributed by atoms with Crippen LogP contribution in [-0.4, -0.2) is 35.2 Å². The molecule has 0 spiro atoms. The Kier molecular flexibility index (Phi) is 4.04. The molecule has 0 bridgehead atoms. The number of aliphatic hydroxyl groups is 1. The molecule has 1 N–H and O–H groups in total. The Morgan fingerprint density at radius 3 is 2.67 bits per heavy atom. The Labute approximate surface area is 93.7 Å². The summed E-state index contributed by atoms with van der Waals surface area (Å²) < 4.78 is 0. The first-order valence-corrected chi connectivity index (χ1v) is 6.69. The van der Waals surface area contributed by atoms with Gasteiger partial charge in [-0.2, -0.15) is 0 Å². The highest BCUT2D eigenvalue weighted by Gasteiger charge is 2.28. The van der Waals surface area contributed by atoms with E-state index in [1.165, 1.54) is 45.1 Å². The molecule has 1 aliphatic carbocycles. The van der Waals surface area contributed by atoms with Gasteiger partial charge in [-0.1, -0.05) is 19.3 Å². The summed E-state index contributed by atoms with van der Waals surface area (Å²) in [4.78, 5) is 2.62. The number of hydrogen-bond acceptors (Lipinski definition) is 2. The van der Waals surface area contributed by atoms with Crippen molar-refractivity contribution in [1.29, 1.82) is 0 Å². The van der Waals surface area contributed by atoms with E-state index in [2.05, 4.69) is 11.8 Å². The predicted octanol–water partition coefficient (Wildman–Crippen LogP) is 2.41. The van der Waals surface area contributed by atoms with Crippen LogP contribution < -0.4 is 0 Å². The van der Waals surface area contributed by atoms with Crippen molar-refractivity contribution in [3.05, 3.63) is 0 Å². The monoisotopic (exact) mass is 211 g/mol. The van der Waals surface area contributed by atoms with Crippen LogP contribution in [0.3, 0.4) is 0 Å². The van der Waals surface area contributed by atoms with Crippen LogP contribution in [0.25, 0.3) is 0 Å². The molecule has 15 heavy (non-hydrogen) atoms. The maximum absolute atomic E-state index is 9.85. The van der Waals surface area contributed by atoms with E-state index in [1.54, 1.807) is 0 Å². The third-order valence-electron chi connectivity index (χ3n) is 4.28. The van der Waals surface area contributed by atoms with Crippen LogP contribution in [0.2, 0.25) is 0 Å². The maximum Gasteiger partial charge on any atom is 0.0580 e. The second-order valence-corrected chi connectivity index (χ2v) is 5.45. The van der Waals surface area contributed by atoms with Gasteiger partial charge in [-0.05, 0) is 45.1 Å². The molecule has 0 aromatic carbocycles. The topological polar surface area (TPSA) is 23.5 Å². The van der Waals surface area contributed by atoms with Crippen LogP contribution in [0, 0.1) is 5.92 Å². The van der Waals surface area contributed by atoms with Crippen molar-refractivity contribution in [1.82, 2.24) is 4.90 Å². The third-order valence-corrected chi connectivity index (χ3v) is 4.28. The highest BCUT2D eigenvalue weighted by Crippen LogP contribution is 2.28. The summed E-state index contributed by atoms with van der Waals surface area (Å²) in [5.74, 6) is 0.561. The van der Waals surface area contributed by atoms with Gasteiger partial charge >= 0.3 is 0 Å². The average molecular weight is 211 g/mol. The smallest absolute Gasteiger partial charge is 0.0580 e. The Hall–Kier alpha value is -0.0800. The predicted molar refractivity (Wildman–Crippen MR) is 62.9 cm³/mol. The van der Waals surface area contributed by atoms with Crippen molar-refractivity contribution in [2.75, 3.05) is 13.1 Å². The number of nitrogens with zero attached hydrogens (tertiary/aromatic N) is 1. The van der Waals surface area contributed by atoms with Gasteiger partial charge in [0.05, 0.1) is 6.10 Å². The molecule has 3 atom stereocenters. The van der Waals surface area contributed by atoms with Crippen LogP contribution in [-0.2, 0) is 0 Å². The van der Waals surface area contributed by atoms with Gasteiger partial charge < -0.3 is 10.0 Å². The first-order chi connectivity index (χ1) is 7.27. The van der Waals surface area contributed by atoms with Gasteiger partial charge in [-0.25, -0.2) is 0 Å². The highest BCUT2D eigenvalue weighted by molar-refractivity contribution is 4.82. The summed E-state index contributed by atoms with van der Waals surface area (Å²) in [6.45, 7) is 4.75. The van der Waals surface area contributed by atoms with Gasteiger partial charge in [0.2, 0.25) is 0 Å². The summed E-state index contributed by atoms with van der Waals surface area (Å²) >= 11 is 0. The van der Waals surface area contributed by atoms with Crippen molar-refractivity contribution < 1.29 is 5.11 Å². The molecule has 2 aliphatic rings. The van der Waals surface area contributed by atoms with Crippen LogP contribution in [0.15, 0.2) is 0 Å². The standard InChI is InChI=1S/C13H25NO/c1-11-6-3-2-4-9-14(11)10-12-7-5-8-13(12)15/h11-13,15H,2-10H2,1H3. The van der Waals surface area contributed by atoms with E-state index in [0.29, 0.717) is 5.92 Å². The highest BCUT2D eigenvalue weighted by atomic mass is 16.3. The molecule has 0 aromatic heterocycles. The summed E-state index contributed by atoms with van der Waals surface area (Å²) in [5, 5.41) is 9.85. The zero-order chi connectivity index (χ0) is 10.7. The summed E-state index contributed by atoms with van der Waals surface area (Å²) in [6, 6.07) is 0.736. The van der Waals surface area contributed by atoms with E-state index in [1.807, 2.05) is 0 Å². The number of likely N-dealkylation sites (tertiary alicyclic amines) is 1. The molecule has 2 rings (SSSR count). The van der Waals surface area contributed by atoms with Gasteiger partial charge in [0.15, 0.2) is 0 Å². The molecule has 0 amide bonds. The zero-order valence-corrected chi connectivity index (χ0v) is 9.99. The normalized spacial score (nSPS) is 39.2.